The van der Waals surface area contributed by atoms with Crippen molar-refractivity contribution in [3.63, 3.8) is 0 Å². The zero-order valence-corrected chi connectivity index (χ0v) is 15.1. The summed E-state index contributed by atoms with van der Waals surface area (Å²) in [5.74, 6) is -1.34. The van der Waals surface area contributed by atoms with E-state index in [1.165, 1.54) is 19.2 Å². The molecule has 0 fully saturated rings. The molecule has 9 heteroatoms. The molecule has 0 spiro atoms. The SMILES string of the molecule is COC(=O)CCCN1C=C(C(=O)O)C(c2ccc(Cl)cc2Cl)NS1. The highest BCUT2D eigenvalue weighted by Gasteiger charge is 2.29. The van der Waals surface area contributed by atoms with Gasteiger partial charge in [0.2, 0.25) is 0 Å². The largest absolute Gasteiger partial charge is 0.478 e. The molecule has 0 radical (unpaired) electrons. The molecule has 1 aliphatic heterocycles. The number of ether oxygens (including phenoxy) is 1. The molecule has 2 rings (SSSR count). The standard InChI is InChI=1S/C15H16Cl2N2O4S/c1-23-13(20)3-2-6-19-8-11(15(21)22)14(18-24-19)10-5-4-9(16)7-12(10)17/h4-5,7-8,14,18H,2-3,6H2,1H3,(H,21,22). The molecular formula is C15H16Cl2N2O4S. The Hall–Kier alpha value is -1.41. The molecule has 130 valence electrons. The highest BCUT2D eigenvalue weighted by atomic mass is 35.5. The van der Waals surface area contributed by atoms with E-state index >= 15 is 0 Å². The predicted molar refractivity (Wildman–Crippen MR) is 93.6 cm³/mol. The number of methoxy groups -OCH3 is 1. The van der Waals surface area contributed by atoms with Crippen LogP contribution in [0.1, 0.15) is 24.4 Å². The van der Waals surface area contributed by atoms with E-state index in [0.29, 0.717) is 28.6 Å². The number of benzene rings is 1. The first-order chi connectivity index (χ1) is 11.4. The molecule has 0 saturated heterocycles. The van der Waals surface area contributed by atoms with Gasteiger partial charge in [-0.1, -0.05) is 29.3 Å². The van der Waals surface area contributed by atoms with E-state index in [1.807, 2.05) is 0 Å². The molecule has 1 heterocycles. The minimum absolute atomic E-state index is 0.163. The van der Waals surface area contributed by atoms with Crippen LogP contribution in [-0.2, 0) is 14.3 Å². The maximum Gasteiger partial charge on any atom is 0.335 e. The third-order valence-electron chi connectivity index (χ3n) is 3.39. The summed E-state index contributed by atoms with van der Waals surface area (Å²) in [6, 6.07) is 4.38. The molecule has 1 aromatic rings. The van der Waals surface area contributed by atoms with Crippen LogP contribution < -0.4 is 4.72 Å². The monoisotopic (exact) mass is 390 g/mol. The van der Waals surface area contributed by atoms with Gasteiger partial charge >= 0.3 is 11.9 Å². The van der Waals surface area contributed by atoms with Crippen LogP contribution in [0.25, 0.3) is 0 Å². The third-order valence-corrected chi connectivity index (χ3v) is 4.82. The van der Waals surface area contributed by atoms with Crippen LogP contribution in [0.15, 0.2) is 30.0 Å². The van der Waals surface area contributed by atoms with Crippen molar-refractivity contribution < 1.29 is 19.4 Å². The zero-order valence-electron chi connectivity index (χ0n) is 12.8. The predicted octanol–water partition coefficient (Wildman–Crippen LogP) is 3.42. The number of rotatable bonds is 6. The minimum atomic E-state index is -1.04. The van der Waals surface area contributed by atoms with E-state index < -0.39 is 12.0 Å². The Morgan fingerprint density at radius 2 is 2.17 bits per heavy atom. The van der Waals surface area contributed by atoms with Gasteiger partial charge in [-0.3, -0.25) is 4.79 Å². The van der Waals surface area contributed by atoms with Crippen LogP contribution in [0.4, 0.5) is 0 Å². The first-order valence-electron chi connectivity index (χ1n) is 7.08. The van der Waals surface area contributed by atoms with Crippen molar-refractivity contribution in [1.29, 1.82) is 0 Å². The van der Waals surface area contributed by atoms with Crippen LogP contribution in [0.3, 0.4) is 0 Å². The summed E-state index contributed by atoms with van der Waals surface area (Å²) in [7, 11) is 1.34. The number of carbonyl (C=O) groups excluding carboxylic acids is 1. The molecule has 1 atom stereocenters. The quantitative estimate of drug-likeness (QED) is 0.568. The fourth-order valence-corrected chi connectivity index (χ4v) is 3.58. The van der Waals surface area contributed by atoms with Crippen LogP contribution in [0.2, 0.25) is 10.0 Å². The lowest BCUT2D eigenvalue weighted by molar-refractivity contribution is -0.140. The maximum atomic E-state index is 11.6. The maximum absolute atomic E-state index is 11.6. The summed E-state index contributed by atoms with van der Waals surface area (Å²) < 4.78 is 9.39. The minimum Gasteiger partial charge on any atom is -0.478 e. The van der Waals surface area contributed by atoms with E-state index in [9.17, 15) is 14.7 Å². The van der Waals surface area contributed by atoms with Gasteiger partial charge in [0.05, 0.1) is 18.7 Å². The second kappa shape index (κ2) is 8.62. The van der Waals surface area contributed by atoms with Gasteiger partial charge in [-0.15, -0.1) is 0 Å². The van der Waals surface area contributed by atoms with E-state index in [-0.39, 0.29) is 18.0 Å². The summed E-state index contributed by atoms with van der Waals surface area (Å²) in [6.07, 6.45) is 2.38. The Kier molecular flexibility index (Phi) is 6.79. The number of nitrogens with zero attached hydrogens (tertiary/aromatic N) is 1. The Morgan fingerprint density at radius 3 is 2.79 bits per heavy atom. The first-order valence-corrected chi connectivity index (χ1v) is 8.61. The smallest absolute Gasteiger partial charge is 0.335 e. The number of halogens is 2. The molecule has 0 amide bonds. The normalized spacial score (nSPS) is 17.4. The first kappa shape index (κ1) is 18.9. The van der Waals surface area contributed by atoms with E-state index in [1.54, 1.807) is 28.7 Å². The molecule has 0 bridgehead atoms. The molecule has 1 aromatic carbocycles. The van der Waals surface area contributed by atoms with Gasteiger partial charge in [-0.25, -0.2) is 9.52 Å². The van der Waals surface area contributed by atoms with Gasteiger partial charge in [-0.2, -0.15) is 0 Å². The van der Waals surface area contributed by atoms with E-state index in [4.69, 9.17) is 23.2 Å². The lowest BCUT2D eigenvalue weighted by Crippen LogP contribution is -2.32. The molecule has 6 nitrogen and oxygen atoms in total. The zero-order chi connectivity index (χ0) is 17.7. The number of hydrogen-bond donors (Lipinski definition) is 2. The van der Waals surface area contributed by atoms with Crippen molar-refractivity contribution in [2.75, 3.05) is 13.7 Å². The van der Waals surface area contributed by atoms with Crippen LogP contribution in [-0.4, -0.2) is 35.0 Å². The Bertz CT molecular complexity index is 669. The van der Waals surface area contributed by atoms with Crippen molar-refractivity contribution >= 4 is 47.3 Å². The number of esters is 1. The van der Waals surface area contributed by atoms with E-state index in [0.717, 1.165) is 0 Å². The molecule has 0 saturated carbocycles. The molecule has 1 aliphatic rings. The van der Waals surface area contributed by atoms with Gasteiger partial charge in [0.1, 0.15) is 0 Å². The Labute approximate surface area is 154 Å². The van der Waals surface area contributed by atoms with Gasteiger partial charge in [0.25, 0.3) is 0 Å². The summed E-state index contributed by atoms with van der Waals surface area (Å²) >= 11 is 13.3. The van der Waals surface area contributed by atoms with Crippen molar-refractivity contribution in [1.82, 2.24) is 9.03 Å². The molecule has 24 heavy (non-hydrogen) atoms. The number of carbonyl (C=O) groups is 2. The second-order valence-corrected chi connectivity index (χ2v) is 6.75. The number of carboxylic acid groups (broad SMARTS) is 1. The molecule has 1 unspecified atom stereocenters. The lowest BCUT2D eigenvalue weighted by atomic mass is 10.00. The average Bonchev–Trinajstić information content (AvgIpc) is 2.55. The lowest BCUT2D eigenvalue weighted by Gasteiger charge is -2.31. The Balaban J connectivity index is 2.13. The topological polar surface area (TPSA) is 78.9 Å². The van der Waals surface area contributed by atoms with Crippen molar-refractivity contribution in [2.45, 2.75) is 18.9 Å². The number of carboxylic acids is 1. The van der Waals surface area contributed by atoms with Crippen LogP contribution >= 0.6 is 35.3 Å². The van der Waals surface area contributed by atoms with Crippen LogP contribution in [0.5, 0.6) is 0 Å². The van der Waals surface area contributed by atoms with Crippen molar-refractivity contribution in [2.24, 2.45) is 0 Å². The average molecular weight is 391 g/mol. The fraction of sp³-hybridized carbons (Fsp3) is 0.333. The van der Waals surface area contributed by atoms with Gasteiger partial charge < -0.3 is 14.1 Å². The highest BCUT2D eigenvalue weighted by molar-refractivity contribution is 7.95. The third kappa shape index (κ3) is 4.80. The fourth-order valence-electron chi connectivity index (χ4n) is 2.18. The Morgan fingerprint density at radius 1 is 1.42 bits per heavy atom. The number of aliphatic carboxylic acids is 1. The summed E-state index contributed by atoms with van der Waals surface area (Å²) in [5.41, 5.74) is 0.799. The molecular weight excluding hydrogens is 375 g/mol. The van der Waals surface area contributed by atoms with Gasteiger partial charge in [0.15, 0.2) is 0 Å². The number of hydrogen-bond acceptors (Lipinski definition) is 6. The number of nitrogens with one attached hydrogen (secondary N) is 1. The summed E-state index contributed by atoms with van der Waals surface area (Å²) in [5, 5.41) is 10.4. The molecule has 2 N–H and O–H groups in total. The second-order valence-electron chi connectivity index (χ2n) is 5.02. The van der Waals surface area contributed by atoms with Crippen molar-refractivity contribution in [3.8, 4) is 0 Å². The summed E-state index contributed by atoms with van der Waals surface area (Å²) in [4.78, 5) is 22.7. The van der Waals surface area contributed by atoms with Gasteiger partial charge in [0, 0.05) is 41.3 Å². The summed E-state index contributed by atoms with van der Waals surface area (Å²) in [6.45, 7) is 0.505. The van der Waals surface area contributed by atoms with Crippen LogP contribution in [0, 0.1) is 0 Å². The molecule has 0 aromatic heterocycles. The highest BCUT2D eigenvalue weighted by Crippen LogP contribution is 2.35. The van der Waals surface area contributed by atoms with E-state index in [2.05, 4.69) is 9.46 Å². The van der Waals surface area contributed by atoms with Gasteiger partial charge in [-0.05, 0) is 24.1 Å². The molecule has 0 aliphatic carbocycles. The van der Waals surface area contributed by atoms with Crippen molar-refractivity contribution in [3.05, 3.63) is 45.6 Å².